The average Bonchev–Trinajstić information content (AvgIpc) is 2.76. The number of thiophene rings is 1. The van der Waals surface area contributed by atoms with Crippen molar-refractivity contribution in [3.63, 3.8) is 0 Å². The summed E-state index contributed by atoms with van der Waals surface area (Å²) >= 11 is 3.17. The molecule has 0 radical (unpaired) electrons. The van der Waals surface area contributed by atoms with Gasteiger partial charge in [-0.25, -0.2) is 0 Å². The van der Waals surface area contributed by atoms with Gasteiger partial charge in [0.05, 0.1) is 10.6 Å². The molecule has 0 amide bonds. The highest BCUT2D eigenvalue weighted by molar-refractivity contribution is 7.99. The Morgan fingerprint density at radius 1 is 1.42 bits per heavy atom. The van der Waals surface area contributed by atoms with Gasteiger partial charge in [0.2, 0.25) is 0 Å². The number of nitrogens with two attached hydrogens (primary N) is 1. The minimum Gasteiger partial charge on any atom is -0.396 e. The minimum atomic E-state index is 0.648. The van der Waals surface area contributed by atoms with Gasteiger partial charge in [-0.15, -0.1) is 23.1 Å². The summed E-state index contributed by atoms with van der Waals surface area (Å²) in [7, 11) is 2.13. The van der Waals surface area contributed by atoms with E-state index in [4.69, 9.17) is 11.0 Å². The smallest absolute Gasteiger partial charge is 0.131 e. The van der Waals surface area contributed by atoms with Crippen molar-refractivity contribution in [2.45, 2.75) is 37.0 Å². The predicted octanol–water partition coefficient (Wildman–Crippen LogP) is 3.94. The maximum Gasteiger partial charge on any atom is 0.131 e. The molecule has 3 nitrogen and oxygen atoms in total. The molecule has 0 saturated heterocycles. The van der Waals surface area contributed by atoms with Crippen molar-refractivity contribution in [2.75, 3.05) is 30.5 Å². The van der Waals surface area contributed by atoms with Gasteiger partial charge in [-0.2, -0.15) is 5.26 Å². The third-order valence-electron chi connectivity index (χ3n) is 3.79. The first kappa shape index (κ1) is 14.5. The normalized spacial score (nSPS) is 16.3. The molecule has 0 atom stereocenters. The highest BCUT2D eigenvalue weighted by Gasteiger charge is 2.21. The van der Waals surface area contributed by atoms with E-state index in [-0.39, 0.29) is 0 Å². The summed E-state index contributed by atoms with van der Waals surface area (Å²) in [6, 6.07) is 2.20. The molecule has 0 aliphatic heterocycles. The second-order valence-electron chi connectivity index (χ2n) is 5.18. The zero-order valence-corrected chi connectivity index (χ0v) is 13.2. The van der Waals surface area contributed by atoms with Gasteiger partial charge in [0.25, 0.3) is 0 Å². The topological polar surface area (TPSA) is 53.0 Å². The molecule has 0 spiro atoms. The monoisotopic (exact) mass is 295 g/mol. The summed E-state index contributed by atoms with van der Waals surface area (Å²) in [6.07, 6.45) is 8.82. The van der Waals surface area contributed by atoms with Gasteiger partial charge in [-0.3, -0.25) is 0 Å². The van der Waals surface area contributed by atoms with Crippen LogP contribution in [0, 0.1) is 17.2 Å². The van der Waals surface area contributed by atoms with Crippen LogP contribution < -0.4 is 10.6 Å². The SMILES string of the molecule is CSc1c(N(C)CC2CCCCC2)sc(C#N)c1N. The average molecular weight is 295 g/mol. The third-order valence-corrected chi connectivity index (χ3v) is 5.97. The van der Waals surface area contributed by atoms with Crippen LogP contribution in [0.1, 0.15) is 37.0 Å². The molecule has 1 fully saturated rings. The highest BCUT2D eigenvalue weighted by Crippen LogP contribution is 2.43. The summed E-state index contributed by atoms with van der Waals surface area (Å²) in [5, 5.41) is 10.3. The Bertz CT molecular complexity index is 470. The molecule has 104 valence electrons. The first-order chi connectivity index (χ1) is 9.17. The van der Waals surface area contributed by atoms with Crippen molar-refractivity contribution in [1.29, 1.82) is 5.26 Å². The largest absolute Gasteiger partial charge is 0.396 e. The van der Waals surface area contributed by atoms with Crippen LogP contribution in [0.25, 0.3) is 0 Å². The van der Waals surface area contributed by atoms with Gasteiger partial charge in [-0.1, -0.05) is 19.3 Å². The van der Waals surface area contributed by atoms with E-state index in [0.717, 1.165) is 22.4 Å². The molecule has 1 aliphatic carbocycles. The predicted molar refractivity (Wildman–Crippen MR) is 85.1 cm³/mol. The second kappa shape index (κ2) is 6.53. The molecule has 1 saturated carbocycles. The Labute approximate surface area is 123 Å². The number of hydrogen-bond acceptors (Lipinski definition) is 5. The van der Waals surface area contributed by atoms with Crippen LogP contribution in [-0.2, 0) is 0 Å². The van der Waals surface area contributed by atoms with E-state index in [9.17, 15) is 0 Å². The maximum atomic E-state index is 9.11. The van der Waals surface area contributed by atoms with Gasteiger partial charge >= 0.3 is 0 Å². The van der Waals surface area contributed by atoms with Gasteiger partial charge in [-0.05, 0) is 25.0 Å². The molecule has 2 rings (SSSR count). The van der Waals surface area contributed by atoms with E-state index in [0.29, 0.717) is 10.6 Å². The third kappa shape index (κ3) is 3.18. The lowest BCUT2D eigenvalue weighted by Gasteiger charge is -2.28. The Hall–Kier alpha value is -0.860. The molecule has 0 unspecified atom stereocenters. The number of nitrogen functional groups attached to an aromatic ring is 1. The molecule has 1 aliphatic rings. The van der Waals surface area contributed by atoms with Crippen LogP contribution in [0.3, 0.4) is 0 Å². The Morgan fingerprint density at radius 3 is 2.68 bits per heavy atom. The van der Waals surface area contributed by atoms with Gasteiger partial charge in [0, 0.05) is 13.6 Å². The number of nitriles is 1. The zero-order chi connectivity index (χ0) is 13.8. The molecule has 19 heavy (non-hydrogen) atoms. The van der Waals surface area contributed by atoms with E-state index >= 15 is 0 Å². The summed E-state index contributed by atoms with van der Waals surface area (Å²) in [6.45, 7) is 1.08. The van der Waals surface area contributed by atoms with Crippen LogP contribution in [-0.4, -0.2) is 19.8 Å². The van der Waals surface area contributed by atoms with Crippen molar-refractivity contribution in [3.8, 4) is 6.07 Å². The van der Waals surface area contributed by atoms with E-state index in [2.05, 4.69) is 18.0 Å². The van der Waals surface area contributed by atoms with E-state index < -0.39 is 0 Å². The number of rotatable bonds is 4. The number of thioether (sulfide) groups is 1. The zero-order valence-electron chi connectivity index (χ0n) is 11.6. The summed E-state index contributed by atoms with van der Waals surface area (Å²) in [5.74, 6) is 0.794. The summed E-state index contributed by atoms with van der Waals surface area (Å²) in [4.78, 5) is 4.01. The molecule has 5 heteroatoms. The summed E-state index contributed by atoms with van der Waals surface area (Å²) < 4.78 is 0. The van der Waals surface area contributed by atoms with Crippen LogP contribution in [0.15, 0.2) is 4.90 Å². The Morgan fingerprint density at radius 2 is 2.11 bits per heavy atom. The fourth-order valence-corrected chi connectivity index (χ4v) is 4.76. The molecule has 0 bridgehead atoms. The van der Waals surface area contributed by atoms with Crippen molar-refractivity contribution >= 4 is 33.8 Å². The van der Waals surface area contributed by atoms with Gasteiger partial charge < -0.3 is 10.6 Å². The first-order valence-electron chi connectivity index (χ1n) is 6.74. The molecule has 2 N–H and O–H groups in total. The van der Waals surface area contributed by atoms with Gasteiger partial charge in [0.1, 0.15) is 15.9 Å². The number of anilines is 2. The lowest BCUT2D eigenvalue weighted by Crippen LogP contribution is -2.26. The van der Waals surface area contributed by atoms with E-state index in [1.807, 2.05) is 6.26 Å². The van der Waals surface area contributed by atoms with Crippen molar-refractivity contribution < 1.29 is 0 Å². The minimum absolute atomic E-state index is 0.648. The standard InChI is InChI=1S/C14H21N3S2/c1-17(9-10-6-4-3-5-7-10)14-13(18-2)12(16)11(8-15)19-14/h10H,3-7,9,16H2,1-2H3. The fourth-order valence-electron chi connectivity index (χ4n) is 2.79. The number of nitrogens with zero attached hydrogens (tertiary/aromatic N) is 2. The molecule has 0 aromatic carbocycles. The Balaban J connectivity index is 2.14. The molecular weight excluding hydrogens is 274 g/mol. The van der Waals surface area contributed by atoms with E-state index in [1.165, 1.54) is 43.4 Å². The lowest BCUT2D eigenvalue weighted by molar-refractivity contribution is 0.362. The lowest BCUT2D eigenvalue weighted by atomic mass is 9.89. The highest BCUT2D eigenvalue weighted by atomic mass is 32.2. The summed E-state index contributed by atoms with van der Waals surface area (Å²) in [5.41, 5.74) is 6.69. The molecular formula is C14H21N3S2. The quantitative estimate of drug-likeness (QED) is 0.855. The van der Waals surface area contributed by atoms with Gasteiger partial charge in [0.15, 0.2) is 0 Å². The molecule has 1 aromatic heterocycles. The van der Waals surface area contributed by atoms with Crippen molar-refractivity contribution in [1.82, 2.24) is 0 Å². The molecule has 1 aromatic rings. The number of hydrogen-bond donors (Lipinski definition) is 1. The van der Waals surface area contributed by atoms with Crippen LogP contribution >= 0.6 is 23.1 Å². The van der Waals surface area contributed by atoms with Crippen LogP contribution in [0.2, 0.25) is 0 Å². The molecule has 1 heterocycles. The van der Waals surface area contributed by atoms with E-state index in [1.54, 1.807) is 11.8 Å². The van der Waals surface area contributed by atoms with Crippen LogP contribution in [0.5, 0.6) is 0 Å². The second-order valence-corrected chi connectivity index (χ2v) is 7.00. The first-order valence-corrected chi connectivity index (χ1v) is 8.79. The van der Waals surface area contributed by atoms with Crippen molar-refractivity contribution in [3.05, 3.63) is 4.88 Å². The fraction of sp³-hybridized carbons (Fsp3) is 0.643. The maximum absolute atomic E-state index is 9.11. The Kier molecular flexibility index (Phi) is 5.00. The van der Waals surface area contributed by atoms with Crippen LogP contribution in [0.4, 0.5) is 10.7 Å². The van der Waals surface area contributed by atoms with Crippen molar-refractivity contribution in [2.24, 2.45) is 5.92 Å².